The summed E-state index contributed by atoms with van der Waals surface area (Å²) in [5.41, 5.74) is 0.962. The van der Waals surface area contributed by atoms with Crippen LogP contribution in [0.1, 0.15) is 38.2 Å². The van der Waals surface area contributed by atoms with E-state index in [1.807, 2.05) is 13.0 Å². The van der Waals surface area contributed by atoms with E-state index in [9.17, 15) is 8.42 Å². The number of hydrogen-bond acceptors (Lipinski definition) is 3. The van der Waals surface area contributed by atoms with Crippen molar-refractivity contribution in [3.8, 4) is 0 Å². The summed E-state index contributed by atoms with van der Waals surface area (Å²) in [7, 11) is -3.38. The van der Waals surface area contributed by atoms with Gasteiger partial charge in [-0.25, -0.2) is 13.1 Å². The Balaban J connectivity index is 1.96. The van der Waals surface area contributed by atoms with E-state index in [-0.39, 0.29) is 6.04 Å². The van der Waals surface area contributed by atoms with E-state index < -0.39 is 10.0 Å². The van der Waals surface area contributed by atoms with Gasteiger partial charge in [-0.1, -0.05) is 19.1 Å². The lowest BCUT2D eigenvalue weighted by atomic mass is 9.92. The van der Waals surface area contributed by atoms with Gasteiger partial charge in [0.05, 0.1) is 4.90 Å². The van der Waals surface area contributed by atoms with E-state index in [0.717, 1.165) is 37.8 Å². The van der Waals surface area contributed by atoms with Crippen molar-refractivity contribution in [2.45, 2.75) is 56.5 Å². The molecule has 4 nitrogen and oxygen atoms in total. The molecular weight excluding hydrogens is 272 g/mol. The van der Waals surface area contributed by atoms with Gasteiger partial charge >= 0.3 is 0 Å². The van der Waals surface area contributed by atoms with E-state index in [1.165, 1.54) is 0 Å². The molecule has 1 aromatic carbocycles. The minimum Gasteiger partial charge on any atom is -0.314 e. The first kappa shape index (κ1) is 15.5. The number of aryl methyl sites for hydroxylation is 1. The molecule has 0 bridgehead atoms. The Morgan fingerprint density at radius 1 is 1.15 bits per heavy atom. The van der Waals surface area contributed by atoms with Crippen LogP contribution in [0, 0.1) is 6.92 Å². The Morgan fingerprint density at radius 3 is 2.40 bits per heavy atom. The first-order valence-electron chi connectivity index (χ1n) is 7.33. The molecule has 0 aromatic heterocycles. The molecule has 112 valence electrons. The normalized spacial score (nSPS) is 23.7. The highest BCUT2D eigenvalue weighted by Crippen LogP contribution is 2.21. The number of nitrogens with one attached hydrogen (secondary N) is 2. The minimum atomic E-state index is -3.38. The monoisotopic (exact) mass is 296 g/mol. The van der Waals surface area contributed by atoms with E-state index in [0.29, 0.717) is 10.9 Å². The zero-order valence-electron chi connectivity index (χ0n) is 12.2. The van der Waals surface area contributed by atoms with Crippen molar-refractivity contribution in [3.63, 3.8) is 0 Å². The van der Waals surface area contributed by atoms with Crippen LogP contribution < -0.4 is 10.0 Å². The minimum absolute atomic E-state index is 0.0652. The molecule has 0 aliphatic heterocycles. The zero-order chi connectivity index (χ0) is 14.6. The van der Waals surface area contributed by atoms with Crippen molar-refractivity contribution in [2.75, 3.05) is 6.54 Å². The fourth-order valence-corrected chi connectivity index (χ4v) is 4.18. The molecule has 1 aliphatic rings. The van der Waals surface area contributed by atoms with Gasteiger partial charge in [0.2, 0.25) is 10.0 Å². The lowest BCUT2D eigenvalue weighted by Crippen LogP contribution is -2.42. The van der Waals surface area contributed by atoms with Gasteiger partial charge in [0.25, 0.3) is 0 Å². The van der Waals surface area contributed by atoms with Gasteiger partial charge in [-0.3, -0.25) is 0 Å². The first-order valence-corrected chi connectivity index (χ1v) is 8.82. The van der Waals surface area contributed by atoms with Crippen LogP contribution in [0.3, 0.4) is 0 Å². The van der Waals surface area contributed by atoms with Crippen LogP contribution in [0.5, 0.6) is 0 Å². The fourth-order valence-electron chi connectivity index (χ4n) is 2.77. The third-order valence-corrected chi connectivity index (χ3v) is 5.36. The second kappa shape index (κ2) is 6.70. The largest absolute Gasteiger partial charge is 0.314 e. The van der Waals surface area contributed by atoms with Crippen LogP contribution in [0.2, 0.25) is 0 Å². The summed E-state index contributed by atoms with van der Waals surface area (Å²) in [5, 5.41) is 3.43. The molecule has 0 atom stereocenters. The molecule has 5 heteroatoms. The van der Waals surface area contributed by atoms with Gasteiger partial charge in [0.1, 0.15) is 0 Å². The molecule has 0 heterocycles. The molecule has 0 radical (unpaired) electrons. The van der Waals surface area contributed by atoms with Crippen molar-refractivity contribution in [3.05, 3.63) is 29.8 Å². The Morgan fingerprint density at radius 2 is 1.80 bits per heavy atom. The van der Waals surface area contributed by atoms with E-state index in [4.69, 9.17) is 0 Å². The average Bonchev–Trinajstić information content (AvgIpc) is 2.41. The molecule has 1 aromatic rings. The van der Waals surface area contributed by atoms with Crippen LogP contribution >= 0.6 is 0 Å². The molecular formula is C15H24N2O2S. The van der Waals surface area contributed by atoms with Crippen LogP contribution in [0.15, 0.2) is 29.2 Å². The summed E-state index contributed by atoms with van der Waals surface area (Å²) in [5.74, 6) is 0. The SMILES string of the molecule is CCNC1CCC(NS(=O)(=O)c2cccc(C)c2)CC1. The van der Waals surface area contributed by atoms with Crippen molar-refractivity contribution in [1.29, 1.82) is 0 Å². The predicted octanol–water partition coefficient (Wildman–Crippen LogP) is 2.19. The van der Waals surface area contributed by atoms with Crippen molar-refractivity contribution in [2.24, 2.45) is 0 Å². The molecule has 0 unspecified atom stereocenters. The summed E-state index contributed by atoms with van der Waals surface area (Å²) in [4.78, 5) is 0.367. The molecule has 1 fully saturated rings. The Labute approximate surface area is 122 Å². The van der Waals surface area contributed by atoms with Crippen molar-refractivity contribution < 1.29 is 8.42 Å². The third kappa shape index (κ3) is 4.04. The lowest BCUT2D eigenvalue weighted by Gasteiger charge is -2.29. The molecule has 0 spiro atoms. The van der Waals surface area contributed by atoms with Gasteiger partial charge in [-0.05, 0) is 56.8 Å². The highest BCUT2D eigenvalue weighted by molar-refractivity contribution is 7.89. The quantitative estimate of drug-likeness (QED) is 0.875. The zero-order valence-corrected chi connectivity index (χ0v) is 13.0. The molecule has 2 rings (SSSR count). The molecule has 0 amide bonds. The van der Waals surface area contributed by atoms with E-state index in [1.54, 1.807) is 18.2 Å². The highest BCUT2D eigenvalue weighted by Gasteiger charge is 2.25. The van der Waals surface area contributed by atoms with Gasteiger partial charge in [-0.2, -0.15) is 0 Å². The van der Waals surface area contributed by atoms with Crippen molar-refractivity contribution >= 4 is 10.0 Å². The second-order valence-electron chi connectivity index (χ2n) is 5.54. The Hall–Kier alpha value is -0.910. The average molecular weight is 296 g/mol. The Bertz CT molecular complexity index is 535. The predicted molar refractivity (Wildman–Crippen MR) is 81.2 cm³/mol. The summed E-state index contributed by atoms with van der Waals surface area (Å²) in [6, 6.07) is 7.66. The lowest BCUT2D eigenvalue weighted by molar-refractivity contribution is 0.333. The first-order chi connectivity index (χ1) is 9.51. The van der Waals surface area contributed by atoms with Crippen molar-refractivity contribution in [1.82, 2.24) is 10.0 Å². The molecule has 1 aliphatic carbocycles. The molecule has 20 heavy (non-hydrogen) atoms. The maximum absolute atomic E-state index is 12.3. The standard InChI is InChI=1S/C15H24N2O2S/c1-3-16-13-7-9-14(10-8-13)17-20(18,19)15-6-4-5-12(2)11-15/h4-6,11,13-14,16-17H,3,7-10H2,1-2H3. The maximum atomic E-state index is 12.3. The van der Waals surface area contributed by atoms with Gasteiger partial charge in [0, 0.05) is 12.1 Å². The molecule has 0 saturated heterocycles. The highest BCUT2D eigenvalue weighted by atomic mass is 32.2. The maximum Gasteiger partial charge on any atom is 0.240 e. The fraction of sp³-hybridized carbons (Fsp3) is 0.600. The molecule has 1 saturated carbocycles. The smallest absolute Gasteiger partial charge is 0.240 e. The van der Waals surface area contributed by atoms with Gasteiger partial charge in [0.15, 0.2) is 0 Å². The number of sulfonamides is 1. The van der Waals surface area contributed by atoms with E-state index >= 15 is 0 Å². The van der Waals surface area contributed by atoms with Gasteiger partial charge < -0.3 is 5.32 Å². The van der Waals surface area contributed by atoms with Gasteiger partial charge in [-0.15, -0.1) is 0 Å². The number of hydrogen-bond donors (Lipinski definition) is 2. The topological polar surface area (TPSA) is 58.2 Å². The summed E-state index contributed by atoms with van der Waals surface area (Å²) >= 11 is 0. The molecule has 2 N–H and O–H groups in total. The van der Waals surface area contributed by atoms with E-state index in [2.05, 4.69) is 17.0 Å². The van der Waals surface area contributed by atoms with Crippen LogP contribution in [-0.2, 0) is 10.0 Å². The van der Waals surface area contributed by atoms with Crippen LogP contribution in [-0.4, -0.2) is 27.0 Å². The summed E-state index contributed by atoms with van der Waals surface area (Å²) < 4.78 is 27.5. The number of rotatable bonds is 5. The van der Waals surface area contributed by atoms with Crippen LogP contribution in [0.4, 0.5) is 0 Å². The summed E-state index contributed by atoms with van der Waals surface area (Å²) in [6.07, 6.45) is 3.88. The third-order valence-electron chi connectivity index (χ3n) is 3.84. The Kier molecular flexibility index (Phi) is 5.18. The van der Waals surface area contributed by atoms with Crippen LogP contribution in [0.25, 0.3) is 0 Å². The second-order valence-corrected chi connectivity index (χ2v) is 7.26. The summed E-state index contributed by atoms with van der Waals surface area (Å²) in [6.45, 7) is 4.98. The number of benzene rings is 1.